The molecular weight excluding hydrogens is 527 g/mol. The molecule has 3 aromatic rings. The molecule has 2 aliphatic heterocycles. The van der Waals surface area contributed by atoms with Crippen molar-refractivity contribution in [3.05, 3.63) is 76.9 Å². The zero-order chi connectivity index (χ0) is 28.4. The van der Waals surface area contributed by atoms with Crippen molar-refractivity contribution in [2.24, 2.45) is 0 Å². The zero-order valence-electron chi connectivity index (χ0n) is 22.0. The van der Waals surface area contributed by atoms with Crippen molar-refractivity contribution in [2.75, 3.05) is 19.7 Å². The van der Waals surface area contributed by atoms with Crippen LogP contribution in [0.1, 0.15) is 34.6 Å². The summed E-state index contributed by atoms with van der Waals surface area (Å²) in [6.45, 7) is 6.25. The van der Waals surface area contributed by atoms with Gasteiger partial charge in [0.2, 0.25) is 0 Å². The van der Waals surface area contributed by atoms with Gasteiger partial charge in [-0.05, 0) is 65.9 Å². The van der Waals surface area contributed by atoms with Crippen molar-refractivity contribution in [1.29, 1.82) is 0 Å². The van der Waals surface area contributed by atoms with Crippen LogP contribution in [0.2, 0.25) is 0 Å². The van der Waals surface area contributed by atoms with Crippen molar-refractivity contribution < 1.29 is 41.7 Å². The molecule has 1 atom stereocenters. The number of ether oxygens (including phenoxy) is 4. The predicted octanol–water partition coefficient (Wildman–Crippen LogP) is 5.40. The van der Waals surface area contributed by atoms with Gasteiger partial charge in [-0.3, -0.25) is 4.79 Å². The lowest BCUT2D eigenvalue weighted by Crippen LogP contribution is -2.50. The number of aryl methyl sites for hydroxylation is 2. The summed E-state index contributed by atoms with van der Waals surface area (Å²) in [5.41, 5.74) is 6.07. The highest BCUT2D eigenvalue weighted by atomic mass is 19.4. The Hall–Kier alpha value is -4.05. The summed E-state index contributed by atoms with van der Waals surface area (Å²) in [4.78, 5) is 22.7. The Morgan fingerprint density at radius 3 is 2.42 bits per heavy atom. The fraction of sp³-hybridized carbons (Fsp3) is 0.333. The molecule has 0 bridgehead atoms. The van der Waals surface area contributed by atoms with Crippen LogP contribution in [0.15, 0.2) is 54.6 Å². The zero-order valence-corrected chi connectivity index (χ0v) is 22.0. The van der Waals surface area contributed by atoms with Crippen LogP contribution in [-0.4, -0.2) is 43.9 Å². The van der Waals surface area contributed by atoms with Gasteiger partial charge >= 0.3 is 18.1 Å². The molecule has 0 aromatic heterocycles. The Balaban J connectivity index is 1.21. The first-order chi connectivity index (χ1) is 19.1. The van der Waals surface area contributed by atoms with Crippen LogP contribution in [-0.2, 0) is 20.9 Å². The summed E-state index contributed by atoms with van der Waals surface area (Å²) in [5, 5.41) is 3.21. The molecule has 1 N–H and O–H groups in total. The standard InChI is InChI=1S/C30H28F3NO6/c1-17-8-23(39-24-13-34-14-24)9-18(2)28(17)20-5-3-4-19(10-20)15-37-22-6-7-25-21(16-38-26(25)12-22)11-27(35)40-29(36)30(31,32)33/h3-10,12,21,24,34H,11,13-16H2,1-2H3. The smallest absolute Gasteiger partial charge is 0.491 e. The molecule has 0 amide bonds. The van der Waals surface area contributed by atoms with Crippen molar-refractivity contribution >= 4 is 11.9 Å². The van der Waals surface area contributed by atoms with Gasteiger partial charge in [0.15, 0.2) is 0 Å². The van der Waals surface area contributed by atoms with E-state index in [2.05, 4.69) is 48.2 Å². The quantitative estimate of drug-likeness (QED) is 0.295. The van der Waals surface area contributed by atoms with Gasteiger partial charge in [-0.2, -0.15) is 13.2 Å². The number of carbonyl (C=O) groups is 2. The lowest BCUT2D eigenvalue weighted by atomic mass is 9.94. The molecule has 0 aliphatic carbocycles. The molecule has 0 spiro atoms. The van der Waals surface area contributed by atoms with Crippen LogP contribution in [0.3, 0.4) is 0 Å². The molecule has 1 fully saturated rings. The molecule has 1 saturated heterocycles. The van der Waals surface area contributed by atoms with Gasteiger partial charge in [0, 0.05) is 30.6 Å². The second kappa shape index (κ2) is 11.2. The molecule has 2 aliphatic rings. The van der Waals surface area contributed by atoms with E-state index >= 15 is 0 Å². The second-order valence-electron chi connectivity index (χ2n) is 9.99. The highest BCUT2D eigenvalue weighted by molar-refractivity contribution is 5.88. The number of hydrogen-bond donors (Lipinski definition) is 1. The first-order valence-corrected chi connectivity index (χ1v) is 12.9. The Morgan fingerprint density at radius 2 is 1.75 bits per heavy atom. The van der Waals surface area contributed by atoms with E-state index in [9.17, 15) is 22.8 Å². The summed E-state index contributed by atoms with van der Waals surface area (Å²) < 4.78 is 58.5. The summed E-state index contributed by atoms with van der Waals surface area (Å²) in [6, 6.07) is 17.3. The molecule has 10 heteroatoms. The SMILES string of the molecule is Cc1cc(OC2CNC2)cc(C)c1-c1cccc(COc2ccc3c(c2)OCC3CC(=O)OC(=O)C(F)(F)F)c1. The van der Waals surface area contributed by atoms with Crippen molar-refractivity contribution in [3.63, 3.8) is 0 Å². The van der Waals surface area contributed by atoms with Crippen molar-refractivity contribution in [3.8, 4) is 28.4 Å². The fourth-order valence-corrected chi connectivity index (χ4v) is 4.89. The van der Waals surface area contributed by atoms with Gasteiger partial charge in [-0.25, -0.2) is 4.79 Å². The van der Waals surface area contributed by atoms with Gasteiger partial charge in [0.1, 0.15) is 30.0 Å². The average Bonchev–Trinajstić information content (AvgIpc) is 3.26. The van der Waals surface area contributed by atoms with E-state index in [1.165, 1.54) is 0 Å². The Morgan fingerprint density at radius 1 is 1.00 bits per heavy atom. The number of alkyl halides is 3. The van der Waals surface area contributed by atoms with Gasteiger partial charge in [-0.15, -0.1) is 0 Å². The number of nitrogens with one attached hydrogen (secondary N) is 1. The van der Waals surface area contributed by atoms with E-state index in [4.69, 9.17) is 14.2 Å². The number of hydrogen-bond acceptors (Lipinski definition) is 7. The second-order valence-corrected chi connectivity index (χ2v) is 9.99. The Labute approximate surface area is 229 Å². The van der Waals surface area contributed by atoms with Gasteiger partial charge in [-0.1, -0.05) is 24.3 Å². The minimum absolute atomic E-state index is 0.0796. The summed E-state index contributed by atoms with van der Waals surface area (Å²) in [5.74, 6) is -2.42. The van der Waals surface area contributed by atoms with Crippen LogP contribution >= 0.6 is 0 Å². The third kappa shape index (κ3) is 6.22. The van der Waals surface area contributed by atoms with E-state index in [1.54, 1.807) is 18.2 Å². The lowest BCUT2D eigenvalue weighted by Gasteiger charge is -2.28. The molecule has 2 heterocycles. The van der Waals surface area contributed by atoms with Crippen molar-refractivity contribution in [2.45, 2.75) is 45.1 Å². The van der Waals surface area contributed by atoms with Crippen LogP contribution in [0, 0.1) is 13.8 Å². The van der Waals surface area contributed by atoms with E-state index in [0.29, 0.717) is 23.7 Å². The molecule has 1 unspecified atom stereocenters. The van der Waals surface area contributed by atoms with Gasteiger partial charge in [0.25, 0.3) is 0 Å². The van der Waals surface area contributed by atoms with E-state index in [0.717, 1.165) is 46.7 Å². The van der Waals surface area contributed by atoms with E-state index in [-0.39, 0.29) is 12.7 Å². The van der Waals surface area contributed by atoms with Gasteiger partial charge in [0.05, 0.1) is 13.0 Å². The number of halogens is 3. The number of esters is 2. The summed E-state index contributed by atoms with van der Waals surface area (Å²) >= 11 is 0. The predicted molar refractivity (Wildman–Crippen MR) is 139 cm³/mol. The first-order valence-electron chi connectivity index (χ1n) is 12.9. The molecule has 40 heavy (non-hydrogen) atoms. The summed E-state index contributed by atoms with van der Waals surface area (Å²) in [7, 11) is 0. The highest BCUT2D eigenvalue weighted by Crippen LogP contribution is 2.39. The average molecular weight is 556 g/mol. The molecule has 3 aromatic carbocycles. The number of carbonyl (C=O) groups excluding carboxylic acids is 2. The van der Waals surface area contributed by atoms with E-state index < -0.39 is 30.5 Å². The number of fused-ring (bicyclic) bond motifs is 1. The third-order valence-corrected chi connectivity index (χ3v) is 6.89. The minimum atomic E-state index is -5.23. The molecule has 0 saturated carbocycles. The van der Waals surface area contributed by atoms with Crippen LogP contribution in [0.5, 0.6) is 17.2 Å². The molecule has 5 rings (SSSR count). The maximum atomic E-state index is 12.3. The third-order valence-electron chi connectivity index (χ3n) is 6.89. The Kier molecular flexibility index (Phi) is 7.71. The van der Waals surface area contributed by atoms with Crippen LogP contribution in [0.25, 0.3) is 11.1 Å². The maximum absolute atomic E-state index is 12.3. The topological polar surface area (TPSA) is 83.1 Å². The molecule has 7 nitrogen and oxygen atoms in total. The van der Waals surface area contributed by atoms with E-state index in [1.807, 2.05) is 12.1 Å². The van der Waals surface area contributed by atoms with Crippen LogP contribution < -0.4 is 19.5 Å². The van der Waals surface area contributed by atoms with Crippen molar-refractivity contribution in [1.82, 2.24) is 5.32 Å². The summed E-state index contributed by atoms with van der Waals surface area (Å²) in [6.07, 6.45) is -5.42. The molecule has 0 radical (unpaired) electrons. The largest absolute Gasteiger partial charge is 0.492 e. The van der Waals surface area contributed by atoms with Crippen LogP contribution in [0.4, 0.5) is 13.2 Å². The first kappa shape index (κ1) is 27.5. The fourth-order valence-electron chi connectivity index (χ4n) is 4.89. The molecular formula is C30H28F3NO6. The normalized spacial score (nSPS) is 16.5. The van der Waals surface area contributed by atoms with Gasteiger partial charge < -0.3 is 24.3 Å². The monoisotopic (exact) mass is 555 g/mol. The Bertz CT molecular complexity index is 1410. The minimum Gasteiger partial charge on any atom is -0.492 e. The molecule has 210 valence electrons. The number of rotatable bonds is 8. The maximum Gasteiger partial charge on any atom is 0.491 e. The lowest BCUT2D eigenvalue weighted by molar-refractivity contribution is -0.202. The number of benzene rings is 3. The highest BCUT2D eigenvalue weighted by Gasteiger charge is 2.43.